The maximum Gasteiger partial charge on any atom is 0.256 e. The predicted molar refractivity (Wildman–Crippen MR) is 122 cm³/mol. The van der Waals surface area contributed by atoms with Crippen LogP contribution in [0.25, 0.3) is 0 Å². The molecule has 1 aromatic heterocycles. The van der Waals surface area contributed by atoms with Gasteiger partial charge < -0.3 is 25.8 Å². The molecule has 0 spiro atoms. The molecular formula is C22H20N4O4S. The van der Waals surface area contributed by atoms with Crippen LogP contribution in [0.5, 0.6) is 11.5 Å². The lowest BCUT2D eigenvalue weighted by Gasteiger charge is -2.13. The maximum absolute atomic E-state index is 12.7. The Morgan fingerprint density at radius 3 is 2.13 bits per heavy atom. The molecule has 0 radical (unpaired) electrons. The van der Waals surface area contributed by atoms with Crippen LogP contribution in [0.2, 0.25) is 0 Å². The Labute approximate surface area is 184 Å². The molecule has 0 saturated heterocycles. The molecule has 0 atom stereocenters. The van der Waals surface area contributed by atoms with Crippen molar-refractivity contribution in [1.29, 1.82) is 0 Å². The van der Waals surface area contributed by atoms with E-state index < -0.39 is 11.8 Å². The van der Waals surface area contributed by atoms with Crippen molar-refractivity contribution in [3.63, 3.8) is 0 Å². The summed E-state index contributed by atoms with van der Waals surface area (Å²) in [6.07, 6.45) is 1.51. The number of pyridine rings is 1. The number of anilines is 2. The average molecular weight is 436 g/mol. The number of rotatable bonds is 7. The molecule has 3 rings (SSSR count). The summed E-state index contributed by atoms with van der Waals surface area (Å²) in [4.78, 5) is 29.7. The number of aromatic nitrogens is 1. The van der Waals surface area contributed by atoms with E-state index in [-0.39, 0.29) is 10.8 Å². The Bertz CT molecular complexity index is 1130. The van der Waals surface area contributed by atoms with Gasteiger partial charge in [0.25, 0.3) is 11.8 Å². The number of hydrogen-bond acceptors (Lipinski definition) is 6. The third-order valence-corrected chi connectivity index (χ3v) is 4.60. The Kier molecular flexibility index (Phi) is 6.78. The first kappa shape index (κ1) is 21.7. The summed E-state index contributed by atoms with van der Waals surface area (Å²) in [6.45, 7) is 0. The molecule has 31 heavy (non-hydrogen) atoms. The molecule has 0 saturated carbocycles. The van der Waals surface area contributed by atoms with Crippen molar-refractivity contribution < 1.29 is 19.1 Å². The number of thiocarbonyl (C=S) groups is 1. The highest BCUT2D eigenvalue weighted by Crippen LogP contribution is 2.28. The minimum absolute atomic E-state index is 0.208. The Morgan fingerprint density at radius 1 is 0.871 bits per heavy atom. The van der Waals surface area contributed by atoms with Crippen LogP contribution >= 0.6 is 12.2 Å². The summed E-state index contributed by atoms with van der Waals surface area (Å²) < 4.78 is 10.4. The molecular weight excluding hydrogens is 416 g/mol. The fourth-order valence-corrected chi connectivity index (χ4v) is 2.88. The molecule has 1 heterocycles. The van der Waals surface area contributed by atoms with Gasteiger partial charge in [0.2, 0.25) is 0 Å². The number of nitrogens with two attached hydrogens (primary N) is 1. The van der Waals surface area contributed by atoms with Gasteiger partial charge in [0.1, 0.15) is 4.99 Å². The highest BCUT2D eigenvalue weighted by molar-refractivity contribution is 7.80. The first-order valence-corrected chi connectivity index (χ1v) is 9.53. The fourth-order valence-electron chi connectivity index (χ4n) is 2.74. The molecule has 0 unspecified atom stereocenters. The lowest BCUT2D eigenvalue weighted by atomic mass is 10.1. The van der Waals surface area contributed by atoms with Gasteiger partial charge >= 0.3 is 0 Å². The Balaban J connectivity index is 1.78. The topological polar surface area (TPSA) is 116 Å². The largest absolute Gasteiger partial charge is 0.493 e. The second-order valence-corrected chi connectivity index (χ2v) is 6.76. The summed E-state index contributed by atoms with van der Waals surface area (Å²) in [7, 11) is 3.00. The van der Waals surface area contributed by atoms with E-state index in [0.717, 1.165) is 0 Å². The molecule has 3 aromatic rings. The minimum Gasteiger partial charge on any atom is -0.493 e. The number of benzene rings is 2. The summed E-state index contributed by atoms with van der Waals surface area (Å²) in [5, 5.41) is 5.45. The number of carbonyl (C=O) groups is 2. The number of nitrogens with one attached hydrogen (secondary N) is 2. The molecule has 9 heteroatoms. The zero-order chi connectivity index (χ0) is 22.4. The maximum atomic E-state index is 12.7. The number of methoxy groups -OCH3 is 2. The van der Waals surface area contributed by atoms with Gasteiger partial charge in [-0.1, -0.05) is 24.4 Å². The minimum atomic E-state index is -0.398. The van der Waals surface area contributed by atoms with Crippen molar-refractivity contribution in [2.75, 3.05) is 24.9 Å². The van der Waals surface area contributed by atoms with Gasteiger partial charge in [-0.05, 0) is 42.5 Å². The van der Waals surface area contributed by atoms with Gasteiger partial charge in [-0.15, -0.1) is 0 Å². The zero-order valence-corrected chi connectivity index (χ0v) is 17.7. The van der Waals surface area contributed by atoms with E-state index in [1.807, 2.05) is 0 Å². The molecule has 0 aliphatic carbocycles. The van der Waals surface area contributed by atoms with Crippen LogP contribution in [0.15, 0.2) is 60.8 Å². The van der Waals surface area contributed by atoms with Gasteiger partial charge in [0, 0.05) is 22.9 Å². The number of nitrogens with zero attached hydrogens (tertiary/aromatic N) is 1. The van der Waals surface area contributed by atoms with Crippen LogP contribution < -0.4 is 25.8 Å². The molecule has 2 amide bonds. The quantitative estimate of drug-likeness (QED) is 0.487. The number of carbonyl (C=O) groups excluding carboxylic acids is 2. The summed E-state index contributed by atoms with van der Waals surface area (Å²) >= 11 is 4.92. The van der Waals surface area contributed by atoms with Crippen molar-refractivity contribution in [3.8, 4) is 11.5 Å². The SMILES string of the molecule is COc1ccc(C(=O)Nc2cccnc2NC(=O)c2ccc(C(N)=S)cc2)cc1OC. The predicted octanol–water partition coefficient (Wildman–Crippen LogP) is 3.24. The van der Waals surface area contributed by atoms with Gasteiger partial charge in [-0.3, -0.25) is 9.59 Å². The van der Waals surface area contributed by atoms with Crippen molar-refractivity contribution in [3.05, 3.63) is 77.5 Å². The molecule has 8 nitrogen and oxygen atoms in total. The van der Waals surface area contributed by atoms with Crippen LogP contribution in [-0.4, -0.2) is 36.0 Å². The van der Waals surface area contributed by atoms with Crippen molar-refractivity contribution in [2.45, 2.75) is 0 Å². The van der Waals surface area contributed by atoms with E-state index in [1.165, 1.54) is 20.4 Å². The van der Waals surface area contributed by atoms with E-state index in [1.54, 1.807) is 54.6 Å². The molecule has 2 aromatic carbocycles. The molecule has 0 aliphatic heterocycles. The van der Waals surface area contributed by atoms with Gasteiger partial charge in [-0.25, -0.2) is 4.98 Å². The molecule has 0 fully saturated rings. The smallest absolute Gasteiger partial charge is 0.256 e. The standard InChI is InChI=1S/C22H20N4O4S/c1-29-17-10-9-15(12-18(17)30-2)22(28)25-16-4-3-11-24-20(16)26-21(27)14-7-5-13(6-8-14)19(23)31/h3-12H,1-2H3,(H2,23,31)(H,25,28)(H,24,26,27). The fraction of sp³-hybridized carbons (Fsp3) is 0.0909. The molecule has 0 bridgehead atoms. The van der Waals surface area contributed by atoms with E-state index in [4.69, 9.17) is 27.4 Å². The number of ether oxygens (including phenoxy) is 2. The van der Waals surface area contributed by atoms with Crippen LogP contribution in [0, 0.1) is 0 Å². The number of hydrogen-bond donors (Lipinski definition) is 3. The Hall–Kier alpha value is -3.98. The van der Waals surface area contributed by atoms with Gasteiger partial charge in [-0.2, -0.15) is 0 Å². The van der Waals surface area contributed by atoms with Gasteiger partial charge in [0.15, 0.2) is 17.3 Å². The van der Waals surface area contributed by atoms with E-state index in [0.29, 0.717) is 33.9 Å². The van der Waals surface area contributed by atoms with Gasteiger partial charge in [0.05, 0.1) is 19.9 Å². The first-order valence-electron chi connectivity index (χ1n) is 9.12. The molecule has 158 valence electrons. The van der Waals surface area contributed by atoms with Crippen LogP contribution in [0.3, 0.4) is 0 Å². The second-order valence-electron chi connectivity index (χ2n) is 6.32. The van der Waals surface area contributed by atoms with E-state index in [2.05, 4.69) is 15.6 Å². The number of amides is 2. The highest BCUT2D eigenvalue weighted by atomic mass is 32.1. The normalized spacial score (nSPS) is 10.1. The van der Waals surface area contributed by atoms with Crippen LogP contribution in [0.4, 0.5) is 11.5 Å². The summed E-state index contributed by atoms with van der Waals surface area (Å²) in [5.74, 6) is 0.352. The zero-order valence-electron chi connectivity index (χ0n) is 16.8. The highest BCUT2D eigenvalue weighted by Gasteiger charge is 2.15. The van der Waals surface area contributed by atoms with Crippen LogP contribution in [0.1, 0.15) is 26.3 Å². The summed E-state index contributed by atoms with van der Waals surface area (Å²) in [6, 6.07) is 14.6. The lowest BCUT2D eigenvalue weighted by molar-refractivity contribution is 0.101. The Morgan fingerprint density at radius 2 is 1.48 bits per heavy atom. The van der Waals surface area contributed by atoms with E-state index >= 15 is 0 Å². The lowest BCUT2D eigenvalue weighted by Crippen LogP contribution is -2.18. The average Bonchev–Trinajstić information content (AvgIpc) is 2.79. The first-order chi connectivity index (χ1) is 14.9. The monoisotopic (exact) mass is 436 g/mol. The second kappa shape index (κ2) is 9.68. The third-order valence-electron chi connectivity index (χ3n) is 4.37. The van der Waals surface area contributed by atoms with E-state index in [9.17, 15) is 9.59 Å². The van der Waals surface area contributed by atoms with Crippen molar-refractivity contribution >= 4 is 40.5 Å². The van der Waals surface area contributed by atoms with Crippen molar-refractivity contribution in [2.24, 2.45) is 5.73 Å². The third kappa shape index (κ3) is 5.14. The summed E-state index contributed by atoms with van der Waals surface area (Å²) in [5.41, 5.74) is 7.33. The molecule has 4 N–H and O–H groups in total. The molecule has 0 aliphatic rings. The van der Waals surface area contributed by atoms with Crippen molar-refractivity contribution in [1.82, 2.24) is 4.98 Å². The van der Waals surface area contributed by atoms with Crippen LogP contribution in [-0.2, 0) is 0 Å².